The zero-order chi connectivity index (χ0) is 31.3. The normalized spacial score (nSPS) is 16.8. The molecular weight excluding hydrogens is 565 g/mol. The van der Waals surface area contributed by atoms with Crippen molar-refractivity contribution in [2.24, 2.45) is 0 Å². The summed E-state index contributed by atoms with van der Waals surface area (Å²) >= 11 is 0. The average molecular weight is 612 g/mol. The lowest BCUT2D eigenvalue weighted by atomic mass is 10.1. The van der Waals surface area contributed by atoms with Crippen LogP contribution in [0, 0.1) is 19.7 Å². The largest absolute Gasteiger partial charge is 0.457 e. The van der Waals surface area contributed by atoms with Gasteiger partial charge >= 0.3 is 0 Å². The van der Waals surface area contributed by atoms with Crippen molar-refractivity contribution >= 4 is 16.8 Å². The number of amides is 1. The molecule has 45 heavy (non-hydrogen) atoms. The summed E-state index contributed by atoms with van der Waals surface area (Å²) in [6, 6.07) is 20.6. The molecule has 0 unspecified atom stereocenters. The van der Waals surface area contributed by atoms with Gasteiger partial charge in [0.25, 0.3) is 5.91 Å². The molecular formula is C37H46FN5O2. The molecule has 0 spiro atoms. The highest BCUT2D eigenvalue weighted by atomic mass is 19.1. The van der Waals surface area contributed by atoms with E-state index < -0.39 is 0 Å². The molecule has 2 fully saturated rings. The van der Waals surface area contributed by atoms with Crippen molar-refractivity contribution in [1.29, 1.82) is 0 Å². The number of fused-ring (bicyclic) bond motifs is 1. The van der Waals surface area contributed by atoms with Gasteiger partial charge in [-0.15, -0.1) is 0 Å². The van der Waals surface area contributed by atoms with Gasteiger partial charge in [-0.2, -0.15) is 0 Å². The topological polar surface area (TPSA) is 44.2 Å². The van der Waals surface area contributed by atoms with Crippen LogP contribution in [0.25, 0.3) is 10.9 Å². The van der Waals surface area contributed by atoms with Crippen LogP contribution in [-0.2, 0) is 13.0 Å². The first-order valence-corrected chi connectivity index (χ1v) is 16.4. The number of carbonyl (C=O) groups is 1. The number of hydrogen-bond donors (Lipinski definition) is 0. The van der Waals surface area contributed by atoms with E-state index in [0.29, 0.717) is 24.4 Å². The first-order chi connectivity index (χ1) is 21.8. The third kappa shape index (κ3) is 7.57. The number of ether oxygens (including phenoxy) is 1. The highest BCUT2D eigenvalue weighted by Gasteiger charge is 2.22. The fraction of sp³-hybridized carbons (Fsp3) is 0.432. The number of likely N-dealkylation sites (N-methyl/N-ethyl adjacent to an activating group) is 1. The van der Waals surface area contributed by atoms with E-state index in [2.05, 4.69) is 52.3 Å². The van der Waals surface area contributed by atoms with Crippen LogP contribution in [-0.4, -0.2) is 103 Å². The molecule has 3 aromatic carbocycles. The summed E-state index contributed by atoms with van der Waals surface area (Å²) in [4.78, 5) is 22.7. The lowest BCUT2D eigenvalue weighted by molar-refractivity contribution is 0.0638. The van der Waals surface area contributed by atoms with Gasteiger partial charge in [-0.05, 0) is 99.9 Å². The third-order valence-electron chi connectivity index (χ3n) is 9.67. The SMILES string of the molecule is Cc1c(C)n(CCCN2CCN(C)CC2)c2ccc(Oc3cccc(C(=O)N4CCN(CCc5ccc(F)cc5)CC4)c3)cc12. The van der Waals surface area contributed by atoms with Gasteiger partial charge in [0.2, 0.25) is 0 Å². The molecule has 3 heterocycles. The number of rotatable bonds is 10. The van der Waals surface area contributed by atoms with Gasteiger partial charge in [0.05, 0.1) is 0 Å². The van der Waals surface area contributed by atoms with Crippen LogP contribution in [0.5, 0.6) is 11.5 Å². The first kappa shape index (κ1) is 31.3. The number of hydrogen-bond acceptors (Lipinski definition) is 5. The Kier molecular flexibility index (Phi) is 9.83. The van der Waals surface area contributed by atoms with Gasteiger partial charge in [0.15, 0.2) is 0 Å². The molecule has 4 aromatic rings. The van der Waals surface area contributed by atoms with Crippen LogP contribution in [0.3, 0.4) is 0 Å². The van der Waals surface area contributed by atoms with E-state index in [1.165, 1.54) is 34.3 Å². The summed E-state index contributed by atoms with van der Waals surface area (Å²) in [7, 11) is 2.20. The molecule has 0 bridgehead atoms. The minimum atomic E-state index is -0.204. The summed E-state index contributed by atoms with van der Waals surface area (Å²) in [5, 5.41) is 1.22. The molecule has 8 heteroatoms. The number of halogens is 1. The minimum absolute atomic E-state index is 0.0363. The molecule has 7 nitrogen and oxygen atoms in total. The van der Waals surface area contributed by atoms with Gasteiger partial charge in [-0.3, -0.25) is 9.69 Å². The molecule has 0 radical (unpaired) electrons. The van der Waals surface area contributed by atoms with Crippen LogP contribution >= 0.6 is 0 Å². The Morgan fingerprint density at radius 3 is 2.22 bits per heavy atom. The number of nitrogens with zero attached hydrogens (tertiary/aromatic N) is 5. The van der Waals surface area contributed by atoms with Crippen molar-refractivity contribution in [2.45, 2.75) is 33.2 Å². The fourth-order valence-corrected chi connectivity index (χ4v) is 6.63. The van der Waals surface area contributed by atoms with Gasteiger partial charge in [0, 0.05) is 87.6 Å². The summed E-state index contributed by atoms with van der Waals surface area (Å²) in [5.41, 5.74) is 5.62. The van der Waals surface area contributed by atoms with Crippen molar-refractivity contribution < 1.29 is 13.9 Å². The van der Waals surface area contributed by atoms with Crippen LogP contribution in [0.4, 0.5) is 4.39 Å². The average Bonchev–Trinajstić information content (AvgIpc) is 3.29. The maximum absolute atomic E-state index is 13.4. The van der Waals surface area contributed by atoms with Crippen molar-refractivity contribution in [1.82, 2.24) is 24.2 Å². The second-order valence-electron chi connectivity index (χ2n) is 12.7. The maximum Gasteiger partial charge on any atom is 0.254 e. The molecule has 1 aromatic heterocycles. The highest BCUT2D eigenvalue weighted by molar-refractivity contribution is 5.94. The minimum Gasteiger partial charge on any atom is -0.457 e. The van der Waals surface area contributed by atoms with Gasteiger partial charge < -0.3 is 24.0 Å². The second-order valence-corrected chi connectivity index (χ2v) is 12.7. The number of aromatic nitrogens is 1. The van der Waals surface area contributed by atoms with Gasteiger partial charge in [-0.1, -0.05) is 18.2 Å². The van der Waals surface area contributed by atoms with Crippen LogP contribution in [0.1, 0.15) is 33.6 Å². The second kappa shape index (κ2) is 14.1. The van der Waals surface area contributed by atoms with Gasteiger partial charge in [0.1, 0.15) is 17.3 Å². The van der Waals surface area contributed by atoms with Gasteiger partial charge in [-0.25, -0.2) is 4.39 Å². The molecule has 0 N–H and O–H groups in total. The highest BCUT2D eigenvalue weighted by Crippen LogP contribution is 2.31. The Morgan fingerprint density at radius 1 is 0.778 bits per heavy atom. The molecule has 2 saturated heterocycles. The first-order valence-electron chi connectivity index (χ1n) is 16.4. The molecule has 0 saturated carbocycles. The molecule has 6 rings (SSSR count). The van der Waals surface area contributed by atoms with E-state index in [-0.39, 0.29) is 11.7 Å². The summed E-state index contributed by atoms with van der Waals surface area (Å²) in [6.45, 7) is 15.1. The Bertz CT molecular complexity index is 1600. The predicted octanol–water partition coefficient (Wildman–Crippen LogP) is 5.83. The Labute approximate surface area is 266 Å². The number of carbonyl (C=O) groups excluding carboxylic acids is 1. The Hall–Kier alpha value is -3.72. The molecule has 1 amide bonds. The van der Waals surface area contributed by atoms with E-state index in [1.54, 1.807) is 0 Å². The molecule has 238 valence electrons. The Morgan fingerprint density at radius 2 is 1.47 bits per heavy atom. The summed E-state index contributed by atoms with van der Waals surface area (Å²) < 4.78 is 22.0. The molecule has 0 atom stereocenters. The summed E-state index contributed by atoms with van der Waals surface area (Å²) in [5.74, 6) is 1.28. The smallest absolute Gasteiger partial charge is 0.254 e. The van der Waals surface area contributed by atoms with Crippen molar-refractivity contribution in [3.8, 4) is 11.5 Å². The van der Waals surface area contributed by atoms with E-state index in [9.17, 15) is 9.18 Å². The lowest BCUT2D eigenvalue weighted by Gasteiger charge is -2.34. The quantitative estimate of drug-likeness (QED) is 0.226. The summed E-state index contributed by atoms with van der Waals surface area (Å²) in [6.07, 6.45) is 2.01. The van der Waals surface area contributed by atoms with E-state index in [4.69, 9.17) is 4.74 Å². The standard InChI is InChI=1S/C37H46FN5O2/c1-28-29(2)43(16-5-15-40-20-18-39(3)19-21-40)36-13-12-34(27-35(28)36)45-33-7-4-6-31(26-33)37(44)42-24-22-41(23-25-42)17-14-30-8-10-32(38)11-9-30/h4,6-13,26-27H,5,14-25H2,1-3H3. The van der Waals surface area contributed by atoms with Crippen molar-refractivity contribution in [3.63, 3.8) is 0 Å². The van der Waals surface area contributed by atoms with E-state index in [0.717, 1.165) is 83.1 Å². The third-order valence-corrected chi connectivity index (χ3v) is 9.67. The number of aryl methyl sites for hydroxylation is 2. The van der Waals surface area contributed by atoms with Crippen LogP contribution in [0.2, 0.25) is 0 Å². The van der Waals surface area contributed by atoms with E-state index >= 15 is 0 Å². The number of benzene rings is 3. The molecule has 2 aliphatic rings. The van der Waals surface area contributed by atoms with Crippen LogP contribution in [0.15, 0.2) is 66.7 Å². The van der Waals surface area contributed by atoms with E-state index in [1.807, 2.05) is 47.4 Å². The number of piperazine rings is 2. The Balaban J connectivity index is 1.04. The molecule has 2 aliphatic heterocycles. The monoisotopic (exact) mass is 611 g/mol. The zero-order valence-corrected chi connectivity index (χ0v) is 27.0. The zero-order valence-electron chi connectivity index (χ0n) is 27.0. The fourth-order valence-electron chi connectivity index (χ4n) is 6.63. The van der Waals surface area contributed by atoms with Crippen molar-refractivity contribution in [3.05, 3.63) is 94.9 Å². The molecule has 0 aliphatic carbocycles. The van der Waals surface area contributed by atoms with Crippen molar-refractivity contribution in [2.75, 3.05) is 72.5 Å². The maximum atomic E-state index is 13.4. The predicted molar refractivity (Wildman–Crippen MR) is 179 cm³/mol. The van der Waals surface area contributed by atoms with Crippen LogP contribution < -0.4 is 4.74 Å². The lowest BCUT2D eigenvalue weighted by Crippen LogP contribution is -2.49.